The van der Waals surface area contributed by atoms with Gasteiger partial charge in [0.25, 0.3) is 5.56 Å². The highest BCUT2D eigenvalue weighted by Crippen LogP contribution is 2.36. The van der Waals surface area contributed by atoms with Crippen molar-refractivity contribution in [2.75, 3.05) is 18.0 Å². The monoisotopic (exact) mass is 401 g/mol. The number of carbonyl (C=O) groups excluding carboxylic acids is 1. The van der Waals surface area contributed by atoms with Crippen LogP contribution >= 0.6 is 0 Å². The lowest BCUT2D eigenvalue weighted by Gasteiger charge is -2.28. The largest absolute Gasteiger partial charge is 0.371 e. The third kappa shape index (κ3) is 2.57. The van der Waals surface area contributed by atoms with Gasteiger partial charge in [0.15, 0.2) is 0 Å². The van der Waals surface area contributed by atoms with Gasteiger partial charge in [0, 0.05) is 50.1 Å². The molecule has 0 bridgehead atoms. The Hall–Kier alpha value is -3.22. The highest BCUT2D eigenvalue weighted by Gasteiger charge is 2.25. The van der Waals surface area contributed by atoms with Crippen LogP contribution in [0.2, 0.25) is 0 Å². The van der Waals surface area contributed by atoms with Gasteiger partial charge in [0.1, 0.15) is 5.78 Å². The Morgan fingerprint density at radius 1 is 0.933 bits per heavy atom. The molecule has 7 nitrogen and oxygen atoms in total. The number of benzene rings is 1. The summed E-state index contributed by atoms with van der Waals surface area (Å²) in [5.41, 5.74) is 3.91. The smallest absolute Gasteiger partial charge is 0.283 e. The lowest BCUT2D eigenvalue weighted by atomic mass is 10.1. The lowest BCUT2D eigenvalue weighted by Crippen LogP contribution is -2.33. The van der Waals surface area contributed by atoms with E-state index >= 15 is 0 Å². The van der Waals surface area contributed by atoms with Crippen LogP contribution in [0.3, 0.4) is 0 Å². The number of piperidine rings is 1. The molecule has 0 spiro atoms. The zero-order valence-electron chi connectivity index (χ0n) is 16.8. The van der Waals surface area contributed by atoms with Crippen LogP contribution in [0.1, 0.15) is 44.6 Å². The Morgan fingerprint density at radius 2 is 1.73 bits per heavy atom. The topological polar surface area (TPSA) is 72.5 Å². The predicted octanol–water partition coefficient (Wildman–Crippen LogP) is 3.48. The summed E-state index contributed by atoms with van der Waals surface area (Å²) in [6, 6.07) is 8.72. The molecule has 2 fully saturated rings. The fourth-order valence-corrected chi connectivity index (χ4v) is 5.19. The zero-order valence-corrected chi connectivity index (χ0v) is 16.8. The summed E-state index contributed by atoms with van der Waals surface area (Å²) >= 11 is 0. The third-order valence-corrected chi connectivity index (χ3v) is 6.72. The minimum Gasteiger partial charge on any atom is -0.371 e. The van der Waals surface area contributed by atoms with Crippen molar-refractivity contribution in [3.8, 4) is 0 Å². The molecule has 4 aromatic rings. The second-order valence-electron chi connectivity index (χ2n) is 8.45. The van der Waals surface area contributed by atoms with Gasteiger partial charge in [-0.25, -0.2) is 0 Å². The van der Waals surface area contributed by atoms with Gasteiger partial charge in [-0.1, -0.05) is 12.8 Å². The highest BCUT2D eigenvalue weighted by molar-refractivity contribution is 5.91. The summed E-state index contributed by atoms with van der Waals surface area (Å²) in [5, 5.41) is 0.541. The number of fused-ring (bicyclic) bond motifs is 5. The number of anilines is 1. The van der Waals surface area contributed by atoms with Gasteiger partial charge in [-0.2, -0.15) is 4.98 Å². The summed E-state index contributed by atoms with van der Waals surface area (Å²) in [5.74, 6) is 1.06. The van der Waals surface area contributed by atoms with Crippen molar-refractivity contribution in [3.63, 3.8) is 0 Å². The van der Waals surface area contributed by atoms with E-state index in [9.17, 15) is 9.59 Å². The second kappa shape index (κ2) is 6.65. The maximum absolute atomic E-state index is 12.8. The number of Topliss-reactive ketones (excluding diaryl/α,β-unsaturated/α-hetero) is 1. The Labute approximate surface area is 173 Å². The van der Waals surface area contributed by atoms with Crippen LogP contribution in [0, 0.1) is 0 Å². The van der Waals surface area contributed by atoms with Crippen LogP contribution in [0.5, 0.6) is 0 Å². The van der Waals surface area contributed by atoms with Gasteiger partial charge in [-0.3, -0.25) is 19.0 Å². The number of pyridine rings is 1. The molecule has 0 amide bonds. The molecule has 30 heavy (non-hydrogen) atoms. The average molecular weight is 401 g/mol. The summed E-state index contributed by atoms with van der Waals surface area (Å²) in [7, 11) is 0. The third-order valence-electron chi connectivity index (χ3n) is 6.72. The van der Waals surface area contributed by atoms with Crippen LogP contribution in [-0.4, -0.2) is 37.8 Å². The molecule has 2 aliphatic rings. The number of rotatable bonds is 2. The van der Waals surface area contributed by atoms with Gasteiger partial charge in [-0.05, 0) is 37.1 Å². The molecule has 7 heteroatoms. The highest BCUT2D eigenvalue weighted by atomic mass is 16.1. The Balaban J connectivity index is 1.66. The Morgan fingerprint density at radius 3 is 2.53 bits per heavy atom. The first-order valence-corrected chi connectivity index (χ1v) is 10.8. The minimum atomic E-state index is -0.227. The van der Waals surface area contributed by atoms with Crippen LogP contribution in [0.25, 0.3) is 27.7 Å². The summed E-state index contributed by atoms with van der Waals surface area (Å²) < 4.78 is 4.39. The molecule has 0 radical (unpaired) electrons. The summed E-state index contributed by atoms with van der Waals surface area (Å²) in [6.45, 7) is 1.53. The van der Waals surface area contributed by atoms with E-state index in [1.165, 1.54) is 12.8 Å². The van der Waals surface area contributed by atoms with Gasteiger partial charge in [0.2, 0.25) is 5.78 Å². The van der Waals surface area contributed by atoms with E-state index in [1.54, 1.807) is 12.4 Å². The molecule has 1 aromatic carbocycles. The average Bonchev–Trinajstić information content (AvgIpc) is 3.39. The van der Waals surface area contributed by atoms with Crippen LogP contribution in [-0.2, 0) is 4.79 Å². The van der Waals surface area contributed by atoms with Crippen LogP contribution in [0.15, 0.2) is 41.5 Å². The Bertz CT molecular complexity index is 1350. The van der Waals surface area contributed by atoms with E-state index in [0.29, 0.717) is 35.8 Å². The van der Waals surface area contributed by atoms with Crippen molar-refractivity contribution in [1.29, 1.82) is 0 Å². The van der Waals surface area contributed by atoms with Crippen molar-refractivity contribution in [3.05, 3.63) is 47.0 Å². The molecule has 0 unspecified atom stereocenters. The van der Waals surface area contributed by atoms with Gasteiger partial charge in [0.05, 0.1) is 21.9 Å². The van der Waals surface area contributed by atoms with Gasteiger partial charge < -0.3 is 9.47 Å². The van der Waals surface area contributed by atoms with E-state index in [0.717, 1.165) is 48.2 Å². The van der Waals surface area contributed by atoms with Crippen molar-refractivity contribution in [1.82, 2.24) is 18.9 Å². The van der Waals surface area contributed by atoms with Crippen molar-refractivity contribution in [2.45, 2.75) is 44.6 Å². The predicted molar refractivity (Wildman–Crippen MR) is 116 cm³/mol. The first-order chi connectivity index (χ1) is 14.7. The van der Waals surface area contributed by atoms with Crippen LogP contribution in [0.4, 0.5) is 5.69 Å². The zero-order chi connectivity index (χ0) is 20.2. The van der Waals surface area contributed by atoms with E-state index in [-0.39, 0.29) is 5.56 Å². The summed E-state index contributed by atoms with van der Waals surface area (Å²) in [4.78, 5) is 35.4. The summed E-state index contributed by atoms with van der Waals surface area (Å²) in [6.07, 6.45) is 9.16. The molecule has 0 N–H and O–H groups in total. The number of nitrogens with zero attached hydrogens (tertiary/aromatic N) is 5. The number of imidazole rings is 1. The van der Waals surface area contributed by atoms with Crippen LogP contribution < -0.4 is 10.5 Å². The standard InChI is InChI=1S/C23H23N5O2/c29-17-8-11-26(12-9-17)16-5-6-20-21(13-16)27(15-3-1-2-4-15)23-25-22(30)18-14-24-10-7-19(18)28(20)23/h5-7,10,13-15H,1-4,8-9,11-12H2. The molecular weight excluding hydrogens is 378 g/mol. The molecule has 1 saturated heterocycles. The quantitative estimate of drug-likeness (QED) is 0.514. The van der Waals surface area contributed by atoms with E-state index < -0.39 is 0 Å². The SMILES string of the molecule is O=C1CCN(c2ccc3c(c2)n(C2CCCC2)c2nc(=O)c4cnccc4n32)CC1. The fourth-order valence-electron chi connectivity index (χ4n) is 5.19. The lowest BCUT2D eigenvalue weighted by molar-refractivity contribution is -0.119. The van der Waals surface area contributed by atoms with Gasteiger partial charge in [-0.15, -0.1) is 0 Å². The first kappa shape index (κ1) is 17.6. The number of ketones is 1. The number of aromatic nitrogens is 4. The molecule has 1 saturated carbocycles. The first-order valence-electron chi connectivity index (χ1n) is 10.8. The maximum Gasteiger partial charge on any atom is 0.283 e. The maximum atomic E-state index is 12.8. The number of hydrogen-bond acceptors (Lipinski definition) is 5. The van der Waals surface area contributed by atoms with Crippen molar-refractivity contribution >= 4 is 39.2 Å². The molecule has 1 aliphatic carbocycles. The van der Waals surface area contributed by atoms with Crippen molar-refractivity contribution in [2.24, 2.45) is 0 Å². The van der Waals surface area contributed by atoms with Gasteiger partial charge >= 0.3 is 0 Å². The molecule has 0 atom stereocenters. The number of hydrogen-bond donors (Lipinski definition) is 0. The Kier molecular flexibility index (Phi) is 3.91. The molecule has 3 aromatic heterocycles. The van der Waals surface area contributed by atoms with E-state index in [4.69, 9.17) is 0 Å². The molecule has 4 heterocycles. The second-order valence-corrected chi connectivity index (χ2v) is 8.45. The molecular formula is C23H23N5O2. The molecule has 1 aliphatic heterocycles. The molecule has 6 rings (SSSR count). The normalized spacial score (nSPS) is 18.3. The fraction of sp³-hybridized carbons (Fsp3) is 0.391. The number of carbonyl (C=O) groups is 1. The minimum absolute atomic E-state index is 0.227. The van der Waals surface area contributed by atoms with E-state index in [2.05, 4.69) is 42.0 Å². The van der Waals surface area contributed by atoms with Crippen molar-refractivity contribution < 1.29 is 4.79 Å². The van der Waals surface area contributed by atoms with E-state index in [1.807, 2.05) is 6.07 Å². The molecule has 152 valence electrons.